The summed E-state index contributed by atoms with van der Waals surface area (Å²) in [5.74, 6) is -0.397. The molecule has 4 rings (SSSR count). The van der Waals surface area contributed by atoms with Gasteiger partial charge in [0.15, 0.2) is 0 Å². The number of aliphatic carboxylic acids is 1. The van der Waals surface area contributed by atoms with Gasteiger partial charge in [0.05, 0.1) is 5.57 Å². The standard InChI is InChI=1S/C22H15BrO4/c23-16-6-8-17(9-7-16)26-13-15(22(24)25)11-14-5-10-21-19(12-14)18-3-1-2-4-20(18)27-21/h1-12H,13H2,(H,24,25)/b15-11+. The summed E-state index contributed by atoms with van der Waals surface area (Å²) in [5, 5.41) is 11.5. The lowest BCUT2D eigenvalue weighted by atomic mass is 10.1. The van der Waals surface area contributed by atoms with E-state index >= 15 is 0 Å². The fourth-order valence-electron chi connectivity index (χ4n) is 2.89. The lowest BCUT2D eigenvalue weighted by Crippen LogP contribution is -2.10. The highest BCUT2D eigenvalue weighted by Gasteiger charge is 2.11. The molecule has 0 radical (unpaired) electrons. The van der Waals surface area contributed by atoms with Crippen molar-refractivity contribution in [3.05, 3.63) is 82.3 Å². The van der Waals surface area contributed by atoms with Crippen LogP contribution in [0.3, 0.4) is 0 Å². The van der Waals surface area contributed by atoms with Crippen LogP contribution in [0.5, 0.6) is 5.75 Å². The number of carboxylic acid groups (broad SMARTS) is 1. The van der Waals surface area contributed by atoms with Crippen LogP contribution in [0.15, 0.2) is 81.2 Å². The van der Waals surface area contributed by atoms with Gasteiger partial charge in [0.1, 0.15) is 23.5 Å². The second-order valence-corrected chi connectivity index (χ2v) is 6.99. The first-order chi connectivity index (χ1) is 13.1. The number of carboxylic acids is 1. The molecule has 0 atom stereocenters. The Labute approximate surface area is 163 Å². The van der Waals surface area contributed by atoms with Crippen LogP contribution in [0.1, 0.15) is 5.56 Å². The maximum atomic E-state index is 11.6. The summed E-state index contributed by atoms with van der Waals surface area (Å²) in [4.78, 5) is 11.6. The fourth-order valence-corrected chi connectivity index (χ4v) is 3.16. The van der Waals surface area contributed by atoms with Crippen LogP contribution in [0.2, 0.25) is 0 Å². The Kier molecular flexibility index (Phi) is 4.69. The highest BCUT2D eigenvalue weighted by Crippen LogP contribution is 2.29. The third-order valence-electron chi connectivity index (χ3n) is 4.22. The molecule has 0 saturated heterocycles. The molecule has 0 aliphatic rings. The van der Waals surface area contributed by atoms with Crippen molar-refractivity contribution in [3.63, 3.8) is 0 Å². The number of ether oxygens (including phenoxy) is 1. The molecule has 4 aromatic rings. The van der Waals surface area contributed by atoms with Crippen molar-refractivity contribution < 1.29 is 19.1 Å². The molecule has 4 nitrogen and oxygen atoms in total. The Balaban J connectivity index is 1.64. The van der Waals surface area contributed by atoms with Crippen LogP contribution in [-0.2, 0) is 4.79 Å². The molecule has 27 heavy (non-hydrogen) atoms. The van der Waals surface area contributed by atoms with Crippen LogP contribution in [0, 0.1) is 0 Å². The molecule has 3 aromatic carbocycles. The van der Waals surface area contributed by atoms with Crippen molar-refractivity contribution in [1.82, 2.24) is 0 Å². The molecule has 0 saturated carbocycles. The van der Waals surface area contributed by atoms with E-state index in [1.807, 2.05) is 54.6 Å². The largest absolute Gasteiger partial charge is 0.489 e. The number of halogens is 1. The molecule has 0 aliphatic carbocycles. The van der Waals surface area contributed by atoms with Gasteiger partial charge >= 0.3 is 5.97 Å². The number of rotatable bonds is 5. The molecule has 0 bridgehead atoms. The predicted molar refractivity (Wildman–Crippen MR) is 109 cm³/mol. The first kappa shape index (κ1) is 17.4. The maximum absolute atomic E-state index is 11.6. The van der Waals surface area contributed by atoms with Gasteiger partial charge in [-0.15, -0.1) is 0 Å². The smallest absolute Gasteiger partial charge is 0.335 e. The van der Waals surface area contributed by atoms with Gasteiger partial charge in [-0.05, 0) is 54.1 Å². The minimum atomic E-state index is -1.01. The van der Waals surface area contributed by atoms with E-state index in [0.29, 0.717) is 5.75 Å². The average molecular weight is 423 g/mol. The van der Waals surface area contributed by atoms with Crippen LogP contribution in [-0.4, -0.2) is 17.7 Å². The molecule has 1 heterocycles. The number of hydrogen-bond acceptors (Lipinski definition) is 3. The van der Waals surface area contributed by atoms with E-state index in [2.05, 4.69) is 15.9 Å². The molecule has 0 aliphatic heterocycles. The van der Waals surface area contributed by atoms with Gasteiger partial charge in [-0.25, -0.2) is 4.79 Å². The minimum Gasteiger partial charge on any atom is -0.489 e. The Bertz CT molecular complexity index is 1160. The SMILES string of the molecule is O=C(O)/C(=C/c1ccc2oc3ccccc3c2c1)COc1ccc(Br)cc1. The number of furan rings is 1. The summed E-state index contributed by atoms with van der Waals surface area (Å²) in [7, 11) is 0. The molecular weight excluding hydrogens is 408 g/mol. The van der Waals surface area contributed by atoms with Crippen molar-refractivity contribution in [3.8, 4) is 5.75 Å². The number of benzene rings is 3. The molecule has 0 amide bonds. The summed E-state index contributed by atoms with van der Waals surface area (Å²) in [6, 6.07) is 20.7. The van der Waals surface area contributed by atoms with Crippen LogP contribution in [0.4, 0.5) is 0 Å². The van der Waals surface area contributed by atoms with Crippen molar-refractivity contribution in [2.24, 2.45) is 0 Å². The lowest BCUT2D eigenvalue weighted by molar-refractivity contribution is -0.132. The van der Waals surface area contributed by atoms with Gasteiger partial charge in [0.2, 0.25) is 0 Å². The topological polar surface area (TPSA) is 59.7 Å². The zero-order valence-corrected chi connectivity index (χ0v) is 15.8. The Morgan fingerprint density at radius 3 is 2.52 bits per heavy atom. The van der Waals surface area contributed by atoms with Crippen molar-refractivity contribution in [2.75, 3.05) is 6.61 Å². The minimum absolute atomic E-state index is 0.0266. The monoisotopic (exact) mass is 422 g/mol. The summed E-state index contributed by atoms with van der Waals surface area (Å²) >= 11 is 3.36. The van der Waals surface area contributed by atoms with E-state index in [1.54, 1.807) is 18.2 Å². The molecular formula is C22H15BrO4. The maximum Gasteiger partial charge on any atom is 0.335 e. The normalized spacial score (nSPS) is 11.8. The summed E-state index contributed by atoms with van der Waals surface area (Å²) in [6.07, 6.45) is 1.63. The second-order valence-electron chi connectivity index (χ2n) is 6.07. The second kappa shape index (κ2) is 7.29. The summed E-state index contributed by atoms with van der Waals surface area (Å²) < 4.78 is 12.4. The Morgan fingerprint density at radius 2 is 1.74 bits per heavy atom. The van der Waals surface area contributed by atoms with Crippen molar-refractivity contribution in [1.29, 1.82) is 0 Å². The van der Waals surface area contributed by atoms with Gasteiger partial charge in [0, 0.05) is 15.2 Å². The summed E-state index contributed by atoms with van der Waals surface area (Å²) in [6.45, 7) is -0.0266. The molecule has 5 heteroatoms. The third kappa shape index (κ3) is 3.73. The van der Waals surface area contributed by atoms with E-state index in [-0.39, 0.29) is 12.2 Å². The first-order valence-electron chi connectivity index (χ1n) is 8.34. The fraction of sp³-hybridized carbons (Fsp3) is 0.0455. The zero-order valence-electron chi connectivity index (χ0n) is 14.2. The van der Waals surface area contributed by atoms with Gasteiger partial charge in [0.25, 0.3) is 0 Å². The molecule has 1 N–H and O–H groups in total. The number of para-hydroxylation sites is 1. The van der Waals surface area contributed by atoms with Gasteiger partial charge in [-0.1, -0.05) is 40.2 Å². The molecule has 0 unspecified atom stereocenters. The third-order valence-corrected chi connectivity index (χ3v) is 4.75. The van der Waals surface area contributed by atoms with Gasteiger partial charge in [-0.3, -0.25) is 0 Å². The Morgan fingerprint density at radius 1 is 1.00 bits per heavy atom. The average Bonchev–Trinajstić information content (AvgIpc) is 3.04. The number of hydrogen-bond donors (Lipinski definition) is 1. The molecule has 1 aromatic heterocycles. The van der Waals surface area contributed by atoms with E-state index in [0.717, 1.165) is 32.0 Å². The van der Waals surface area contributed by atoms with Crippen LogP contribution in [0.25, 0.3) is 28.0 Å². The van der Waals surface area contributed by atoms with Crippen molar-refractivity contribution >= 4 is 49.9 Å². The van der Waals surface area contributed by atoms with E-state index in [1.165, 1.54) is 0 Å². The van der Waals surface area contributed by atoms with E-state index in [4.69, 9.17) is 9.15 Å². The number of carbonyl (C=O) groups is 1. The van der Waals surface area contributed by atoms with E-state index in [9.17, 15) is 9.90 Å². The quantitative estimate of drug-likeness (QED) is 0.407. The summed E-state index contributed by atoms with van der Waals surface area (Å²) in [5.41, 5.74) is 2.54. The van der Waals surface area contributed by atoms with Gasteiger partial charge in [-0.2, -0.15) is 0 Å². The lowest BCUT2D eigenvalue weighted by Gasteiger charge is -2.07. The Hall–Kier alpha value is -3.05. The molecule has 134 valence electrons. The van der Waals surface area contributed by atoms with Crippen LogP contribution >= 0.6 is 15.9 Å². The predicted octanol–water partition coefficient (Wildman–Crippen LogP) is 5.90. The van der Waals surface area contributed by atoms with Gasteiger partial charge < -0.3 is 14.3 Å². The van der Waals surface area contributed by atoms with Crippen molar-refractivity contribution in [2.45, 2.75) is 0 Å². The highest BCUT2D eigenvalue weighted by molar-refractivity contribution is 9.10. The van der Waals surface area contributed by atoms with E-state index < -0.39 is 5.97 Å². The number of fused-ring (bicyclic) bond motifs is 3. The van der Waals surface area contributed by atoms with Crippen LogP contribution < -0.4 is 4.74 Å². The molecule has 0 fully saturated rings. The highest BCUT2D eigenvalue weighted by atomic mass is 79.9. The molecule has 0 spiro atoms. The first-order valence-corrected chi connectivity index (χ1v) is 9.13. The zero-order chi connectivity index (χ0) is 18.8.